The molecule has 0 aromatic rings. The number of carbonyl (C=O) groups excluding carboxylic acids is 1. The van der Waals surface area contributed by atoms with Gasteiger partial charge in [-0.2, -0.15) is 0 Å². The lowest BCUT2D eigenvalue weighted by atomic mass is 9.85. The normalized spacial score (nSPS) is 17.9. The number of Topliss-reactive ketones (excluding diaryl/α,β-unsaturated/α-hetero) is 1. The van der Waals surface area contributed by atoms with Gasteiger partial charge >= 0.3 is 0 Å². The number of likely N-dealkylation sites (N-methyl/N-ethyl adjacent to an activating group) is 1. The average molecular weight is 183 g/mol. The molecule has 0 aromatic carbocycles. The zero-order chi connectivity index (χ0) is 9.84. The Kier molecular flexibility index (Phi) is 3.91. The molecule has 0 spiro atoms. The van der Waals surface area contributed by atoms with Crippen LogP contribution in [-0.2, 0) is 4.79 Å². The Morgan fingerprint density at radius 3 is 2.46 bits per heavy atom. The molecule has 1 rings (SSSR count). The van der Waals surface area contributed by atoms with Crippen molar-refractivity contribution >= 4 is 5.78 Å². The molecule has 0 aromatic heterocycles. The highest BCUT2D eigenvalue weighted by Gasteiger charge is 2.20. The van der Waals surface area contributed by atoms with Gasteiger partial charge in [0, 0.05) is 12.5 Å². The molecule has 2 heteroatoms. The number of nitrogens with zero attached hydrogens (tertiary/aromatic N) is 1. The summed E-state index contributed by atoms with van der Waals surface area (Å²) in [6.07, 6.45) is 4.11. The monoisotopic (exact) mass is 183 g/mol. The van der Waals surface area contributed by atoms with E-state index < -0.39 is 0 Å². The number of ketones is 1. The van der Waals surface area contributed by atoms with Crippen LogP contribution < -0.4 is 0 Å². The van der Waals surface area contributed by atoms with Gasteiger partial charge < -0.3 is 0 Å². The molecule has 2 nitrogen and oxygen atoms in total. The first kappa shape index (κ1) is 10.7. The first-order chi connectivity index (χ1) is 6.09. The van der Waals surface area contributed by atoms with Gasteiger partial charge in [-0.05, 0) is 25.8 Å². The summed E-state index contributed by atoms with van der Waals surface area (Å²) < 4.78 is 0. The van der Waals surface area contributed by atoms with E-state index in [1.54, 1.807) is 0 Å². The molecule has 1 aliphatic rings. The summed E-state index contributed by atoms with van der Waals surface area (Å²) in [4.78, 5) is 13.6. The number of hydrogen-bond donors (Lipinski definition) is 0. The number of carbonyl (C=O) groups is 1. The summed E-state index contributed by atoms with van der Waals surface area (Å²) in [6.45, 7) is 5.69. The fourth-order valence-corrected chi connectivity index (χ4v) is 1.63. The van der Waals surface area contributed by atoms with Crippen molar-refractivity contribution in [3.63, 3.8) is 0 Å². The SMILES string of the molecule is CC(C)C(=O)CN(C)CC1CCC1. The van der Waals surface area contributed by atoms with E-state index in [1.807, 2.05) is 13.8 Å². The highest BCUT2D eigenvalue weighted by molar-refractivity contribution is 5.82. The topological polar surface area (TPSA) is 20.3 Å². The Morgan fingerprint density at radius 2 is 2.08 bits per heavy atom. The Labute approximate surface area is 81.3 Å². The molecule has 0 N–H and O–H groups in total. The van der Waals surface area contributed by atoms with E-state index in [2.05, 4.69) is 11.9 Å². The number of hydrogen-bond acceptors (Lipinski definition) is 2. The lowest BCUT2D eigenvalue weighted by Crippen LogP contribution is -2.34. The summed E-state index contributed by atoms with van der Waals surface area (Å²) >= 11 is 0. The van der Waals surface area contributed by atoms with Gasteiger partial charge in [0.25, 0.3) is 0 Å². The summed E-state index contributed by atoms with van der Waals surface area (Å²) in [5.41, 5.74) is 0. The molecule has 0 aliphatic heterocycles. The van der Waals surface area contributed by atoms with Gasteiger partial charge in [0.15, 0.2) is 0 Å². The van der Waals surface area contributed by atoms with Crippen LogP contribution in [0.4, 0.5) is 0 Å². The maximum atomic E-state index is 11.4. The van der Waals surface area contributed by atoms with Crippen LogP contribution in [0.25, 0.3) is 0 Å². The van der Waals surface area contributed by atoms with Crippen molar-refractivity contribution in [2.45, 2.75) is 33.1 Å². The van der Waals surface area contributed by atoms with Gasteiger partial charge in [0.1, 0.15) is 5.78 Å². The highest BCUT2D eigenvalue weighted by Crippen LogP contribution is 2.26. The van der Waals surface area contributed by atoms with Crippen LogP contribution in [0.2, 0.25) is 0 Å². The fourth-order valence-electron chi connectivity index (χ4n) is 1.63. The van der Waals surface area contributed by atoms with Crippen molar-refractivity contribution in [1.29, 1.82) is 0 Å². The minimum atomic E-state index is 0.184. The highest BCUT2D eigenvalue weighted by atomic mass is 16.1. The van der Waals surface area contributed by atoms with E-state index >= 15 is 0 Å². The average Bonchev–Trinajstić information content (AvgIpc) is 1.96. The molecular formula is C11H21NO. The zero-order valence-electron chi connectivity index (χ0n) is 9.05. The van der Waals surface area contributed by atoms with Gasteiger partial charge in [-0.1, -0.05) is 20.3 Å². The predicted octanol–water partition coefficient (Wildman–Crippen LogP) is 1.94. The molecule has 1 fully saturated rings. The van der Waals surface area contributed by atoms with E-state index in [9.17, 15) is 4.79 Å². The molecule has 0 heterocycles. The molecule has 13 heavy (non-hydrogen) atoms. The minimum Gasteiger partial charge on any atom is -0.299 e. The van der Waals surface area contributed by atoms with E-state index in [1.165, 1.54) is 19.3 Å². The van der Waals surface area contributed by atoms with Gasteiger partial charge in [-0.3, -0.25) is 9.69 Å². The summed E-state index contributed by atoms with van der Waals surface area (Å²) in [5, 5.41) is 0. The third-order valence-corrected chi connectivity index (χ3v) is 2.86. The van der Waals surface area contributed by atoms with Crippen LogP contribution in [0.3, 0.4) is 0 Å². The quantitative estimate of drug-likeness (QED) is 0.649. The van der Waals surface area contributed by atoms with Gasteiger partial charge in [0.05, 0.1) is 6.54 Å². The maximum absolute atomic E-state index is 11.4. The Hall–Kier alpha value is -0.370. The molecule has 0 unspecified atom stereocenters. The summed E-state index contributed by atoms with van der Waals surface area (Å²) in [5.74, 6) is 1.41. The van der Waals surface area contributed by atoms with E-state index in [4.69, 9.17) is 0 Å². The van der Waals surface area contributed by atoms with Crippen LogP contribution in [0, 0.1) is 11.8 Å². The van der Waals surface area contributed by atoms with Gasteiger partial charge in [0.2, 0.25) is 0 Å². The molecule has 0 radical (unpaired) electrons. The Bertz CT molecular complexity index is 173. The summed E-state index contributed by atoms with van der Waals surface area (Å²) in [7, 11) is 2.05. The fraction of sp³-hybridized carbons (Fsp3) is 0.909. The van der Waals surface area contributed by atoms with Crippen molar-refractivity contribution in [3.8, 4) is 0 Å². The smallest absolute Gasteiger partial charge is 0.149 e. The molecule has 76 valence electrons. The van der Waals surface area contributed by atoms with E-state index in [0.717, 1.165) is 12.5 Å². The van der Waals surface area contributed by atoms with Crippen molar-refractivity contribution in [1.82, 2.24) is 4.90 Å². The third-order valence-electron chi connectivity index (χ3n) is 2.86. The second-order valence-corrected chi connectivity index (χ2v) is 4.61. The number of rotatable bonds is 5. The summed E-state index contributed by atoms with van der Waals surface area (Å²) in [6, 6.07) is 0. The zero-order valence-corrected chi connectivity index (χ0v) is 9.05. The first-order valence-electron chi connectivity index (χ1n) is 5.31. The molecule has 0 saturated heterocycles. The molecule has 0 bridgehead atoms. The standard InChI is InChI=1S/C11H21NO/c1-9(2)11(13)8-12(3)7-10-5-4-6-10/h9-10H,4-8H2,1-3H3. The van der Waals surface area contributed by atoms with Crippen molar-refractivity contribution < 1.29 is 4.79 Å². The first-order valence-corrected chi connectivity index (χ1v) is 5.31. The van der Waals surface area contributed by atoms with Crippen LogP contribution in [0.15, 0.2) is 0 Å². The van der Waals surface area contributed by atoms with Crippen molar-refractivity contribution in [3.05, 3.63) is 0 Å². The van der Waals surface area contributed by atoms with E-state index in [-0.39, 0.29) is 5.92 Å². The van der Waals surface area contributed by atoms with Gasteiger partial charge in [-0.25, -0.2) is 0 Å². The minimum absolute atomic E-state index is 0.184. The van der Waals surface area contributed by atoms with E-state index in [0.29, 0.717) is 12.3 Å². The Balaban J connectivity index is 2.15. The van der Waals surface area contributed by atoms with Gasteiger partial charge in [-0.15, -0.1) is 0 Å². The third kappa shape index (κ3) is 3.47. The largest absolute Gasteiger partial charge is 0.299 e. The molecular weight excluding hydrogens is 162 g/mol. The van der Waals surface area contributed by atoms with Crippen molar-refractivity contribution in [2.24, 2.45) is 11.8 Å². The lowest BCUT2D eigenvalue weighted by Gasteiger charge is -2.30. The van der Waals surface area contributed by atoms with Crippen LogP contribution in [-0.4, -0.2) is 30.8 Å². The molecule has 1 aliphatic carbocycles. The Morgan fingerprint density at radius 1 is 1.46 bits per heavy atom. The maximum Gasteiger partial charge on any atom is 0.149 e. The molecule has 0 atom stereocenters. The molecule has 1 saturated carbocycles. The second-order valence-electron chi connectivity index (χ2n) is 4.61. The van der Waals surface area contributed by atoms with Crippen LogP contribution >= 0.6 is 0 Å². The predicted molar refractivity (Wildman–Crippen MR) is 54.7 cm³/mol. The lowest BCUT2D eigenvalue weighted by molar-refractivity contribution is -0.122. The van der Waals surface area contributed by atoms with Crippen molar-refractivity contribution in [2.75, 3.05) is 20.1 Å². The van der Waals surface area contributed by atoms with Crippen LogP contribution in [0.1, 0.15) is 33.1 Å². The molecule has 0 amide bonds. The second kappa shape index (κ2) is 4.75. The van der Waals surface area contributed by atoms with Crippen LogP contribution in [0.5, 0.6) is 0 Å².